The quantitative estimate of drug-likeness (QED) is 0.874. The maximum Gasteiger partial charge on any atom is 0.128 e. The maximum absolute atomic E-state index is 5.75. The van der Waals surface area contributed by atoms with Gasteiger partial charge >= 0.3 is 0 Å². The first-order valence-corrected chi connectivity index (χ1v) is 8.05. The zero-order valence-corrected chi connectivity index (χ0v) is 13.9. The Balaban J connectivity index is 2.00. The minimum Gasteiger partial charge on any atom is -0.376 e. The van der Waals surface area contributed by atoms with Crippen molar-refractivity contribution in [2.75, 3.05) is 24.6 Å². The lowest BCUT2D eigenvalue weighted by Gasteiger charge is -2.26. The third-order valence-electron chi connectivity index (χ3n) is 3.75. The van der Waals surface area contributed by atoms with Crippen molar-refractivity contribution < 1.29 is 4.74 Å². The molecule has 2 rings (SSSR count). The Morgan fingerprint density at radius 1 is 1.38 bits per heavy atom. The third-order valence-corrected chi connectivity index (χ3v) is 3.75. The molecule has 0 spiro atoms. The smallest absolute Gasteiger partial charge is 0.128 e. The predicted octanol–water partition coefficient (Wildman–Crippen LogP) is 2.98. The lowest BCUT2D eigenvalue weighted by atomic mass is 10.1. The minimum atomic E-state index is 0.111. The van der Waals surface area contributed by atoms with Crippen molar-refractivity contribution in [2.45, 2.75) is 58.7 Å². The molecule has 4 heteroatoms. The summed E-state index contributed by atoms with van der Waals surface area (Å²) in [4.78, 5) is 7.11. The van der Waals surface area contributed by atoms with Crippen LogP contribution in [0.3, 0.4) is 0 Å². The monoisotopic (exact) mass is 291 g/mol. The molecular formula is C17H29N3O. The van der Waals surface area contributed by atoms with E-state index in [4.69, 9.17) is 9.72 Å². The SMILES string of the molecule is CCN(CC1CCCO1)c1cccc(CNC(C)(C)C)n1. The van der Waals surface area contributed by atoms with Crippen LogP contribution in [-0.2, 0) is 11.3 Å². The molecule has 1 fully saturated rings. The molecule has 0 aliphatic carbocycles. The van der Waals surface area contributed by atoms with Gasteiger partial charge in [-0.1, -0.05) is 6.07 Å². The highest BCUT2D eigenvalue weighted by molar-refractivity contribution is 5.39. The van der Waals surface area contributed by atoms with Crippen molar-refractivity contribution >= 4 is 5.82 Å². The highest BCUT2D eigenvalue weighted by atomic mass is 16.5. The van der Waals surface area contributed by atoms with Crippen LogP contribution >= 0.6 is 0 Å². The number of anilines is 1. The summed E-state index contributed by atoms with van der Waals surface area (Å²) in [5.74, 6) is 1.06. The zero-order chi connectivity index (χ0) is 15.3. The van der Waals surface area contributed by atoms with Crippen LogP contribution in [-0.4, -0.2) is 36.3 Å². The molecule has 21 heavy (non-hydrogen) atoms. The molecule has 0 bridgehead atoms. The molecule has 1 saturated heterocycles. The van der Waals surface area contributed by atoms with E-state index in [0.29, 0.717) is 6.10 Å². The second-order valence-electron chi connectivity index (χ2n) is 6.76. The predicted molar refractivity (Wildman–Crippen MR) is 87.7 cm³/mol. The Labute approximate surface area is 128 Å². The van der Waals surface area contributed by atoms with E-state index in [0.717, 1.165) is 37.8 Å². The van der Waals surface area contributed by atoms with Crippen molar-refractivity contribution in [1.82, 2.24) is 10.3 Å². The molecule has 0 radical (unpaired) electrons. The normalized spacial score (nSPS) is 19.0. The van der Waals surface area contributed by atoms with Gasteiger partial charge in [0.25, 0.3) is 0 Å². The van der Waals surface area contributed by atoms with Gasteiger partial charge < -0.3 is 15.0 Å². The minimum absolute atomic E-state index is 0.111. The Morgan fingerprint density at radius 3 is 2.81 bits per heavy atom. The van der Waals surface area contributed by atoms with E-state index >= 15 is 0 Å². The highest BCUT2D eigenvalue weighted by Gasteiger charge is 2.19. The van der Waals surface area contributed by atoms with E-state index in [1.54, 1.807) is 0 Å². The van der Waals surface area contributed by atoms with Crippen molar-refractivity contribution in [3.05, 3.63) is 23.9 Å². The second-order valence-corrected chi connectivity index (χ2v) is 6.76. The van der Waals surface area contributed by atoms with E-state index < -0.39 is 0 Å². The third kappa shape index (κ3) is 5.29. The van der Waals surface area contributed by atoms with Crippen LogP contribution in [0.4, 0.5) is 5.82 Å². The summed E-state index contributed by atoms with van der Waals surface area (Å²) >= 11 is 0. The van der Waals surface area contributed by atoms with Crippen LogP contribution in [0.5, 0.6) is 0 Å². The second kappa shape index (κ2) is 7.23. The first-order chi connectivity index (χ1) is 9.98. The van der Waals surface area contributed by atoms with Gasteiger partial charge in [0.05, 0.1) is 11.8 Å². The fourth-order valence-corrected chi connectivity index (χ4v) is 2.52. The molecule has 1 aliphatic heterocycles. The summed E-state index contributed by atoms with van der Waals surface area (Å²) < 4.78 is 5.75. The molecule has 2 heterocycles. The fraction of sp³-hybridized carbons (Fsp3) is 0.706. The zero-order valence-electron chi connectivity index (χ0n) is 13.9. The van der Waals surface area contributed by atoms with Crippen LogP contribution in [0.15, 0.2) is 18.2 Å². The topological polar surface area (TPSA) is 37.4 Å². The number of pyridine rings is 1. The number of nitrogens with zero attached hydrogens (tertiary/aromatic N) is 2. The molecule has 118 valence electrons. The molecule has 0 aromatic carbocycles. The number of hydrogen-bond donors (Lipinski definition) is 1. The van der Waals surface area contributed by atoms with E-state index in [1.165, 1.54) is 12.8 Å². The average Bonchev–Trinajstić information content (AvgIpc) is 2.95. The largest absolute Gasteiger partial charge is 0.376 e. The first-order valence-electron chi connectivity index (χ1n) is 8.05. The van der Waals surface area contributed by atoms with Gasteiger partial charge in [-0.05, 0) is 52.7 Å². The van der Waals surface area contributed by atoms with Crippen LogP contribution in [0, 0.1) is 0 Å². The molecule has 4 nitrogen and oxygen atoms in total. The van der Waals surface area contributed by atoms with Gasteiger partial charge in [-0.15, -0.1) is 0 Å². The Bertz CT molecular complexity index is 436. The number of rotatable bonds is 6. The van der Waals surface area contributed by atoms with Crippen LogP contribution in [0.2, 0.25) is 0 Å². The fourth-order valence-electron chi connectivity index (χ4n) is 2.52. The molecule has 1 aromatic rings. The van der Waals surface area contributed by atoms with Crippen LogP contribution in [0.25, 0.3) is 0 Å². The summed E-state index contributed by atoms with van der Waals surface area (Å²) in [5, 5.41) is 3.49. The number of ether oxygens (including phenoxy) is 1. The first kappa shape index (κ1) is 16.2. The molecular weight excluding hydrogens is 262 g/mol. The Morgan fingerprint density at radius 2 is 2.19 bits per heavy atom. The van der Waals surface area contributed by atoms with Gasteiger partial charge in [-0.25, -0.2) is 4.98 Å². The summed E-state index contributed by atoms with van der Waals surface area (Å²) in [6.45, 7) is 12.3. The van der Waals surface area contributed by atoms with E-state index in [-0.39, 0.29) is 5.54 Å². The van der Waals surface area contributed by atoms with Crippen molar-refractivity contribution in [3.8, 4) is 0 Å². The van der Waals surface area contributed by atoms with Gasteiger partial charge in [-0.2, -0.15) is 0 Å². The maximum atomic E-state index is 5.75. The molecule has 0 amide bonds. The number of likely N-dealkylation sites (N-methyl/N-ethyl adjacent to an activating group) is 1. The van der Waals surface area contributed by atoms with E-state index in [9.17, 15) is 0 Å². The van der Waals surface area contributed by atoms with Crippen LogP contribution < -0.4 is 10.2 Å². The van der Waals surface area contributed by atoms with Gasteiger partial charge in [0.2, 0.25) is 0 Å². The lowest BCUT2D eigenvalue weighted by molar-refractivity contribution is 0.115. The molecule has 1 aromatic heterocycles. The van der Waals surface area contributed by atoms with Gasteiger partial charge in [0, 0.05) is 31.8 Å². The van der Waals surface area contributed by atoms with Crippen molar-refractivity contribution in [3.63, 3.8) is 0 Å². The summed E-state index contributed by atoms with van der Waals surface area (Å²) in [6.07, 6.45) is 2.72. The van der Waals surface area contributed by atoms with E-state index in [2.05, 4.69) is 56.1 Å². The van der Waals surface area contributed by atoms with Crippen molar-refractivity contribution in [2.24, 2.45) is 0 Å². The standard InChI is InChI=1S/C17H29N3O/c1-5-20(13-15-9-7-11-21-15)16-10-6-8-14(19-16)12-18-17(2,3)4/h6,8,10,15,18H,5,7,9,11-13H2,1-4H3. The van der Waals surface area contributed by atoms with Crippen molar-refractivity contribution in [1.29, 1.82) is 0 Å². The number of nitrogens with one attached hydrogen (secondary N) is 1. The number of hydrogen-bond acceptors (Lipinski definition) is 4. The molecule has 1 unspecified atom stereocenters. The van der Waals surface area contributed by atoms with Gasteiger partial charge in [0.15, 0.2) is 0 Å². The summed E-state index contributed by atoms with van der Waals surface area (Å²) in [6, 6.07) is 6.28. The van der Waals surface area contributed by atoms with Gasteiger partial charge in [-0.3, -0.25) is 0 Å². The van der Waals surface area contributed by atoms with Crippen LogP contribution in [0.1, 0.15) is 46.2 Å². The summed E-state index contributed by atoms with van der Waals surface area (Å²) in [7, 11) is 0. The summed E-state index contributed by atoms with van der Waals surface area (Å²) in [5.41, 5.74) is 1.20. The molecule has 1 N–H and O–H groups in total. The molecule has 0 saturated carbocycles. The average molecular weight is 291 g/mol. The number of aromatic nitrogens is 1. The van der Waals surface area contributed by atoms with Gasteiger partial charge in [0.1, 0.15) is 5.82 Å². The van der Waals surface area contributed by atoms with E-state index in [1.807, 2.05) is 0 Å². The Hall–Kier alpha value is -1.13. The molecule has 1 atom stereocenters. The Kier molecular flexibility index (Phi) is 5.59. The molecule has 1 aliphatic rings. The lowest BCUT2D eigenvalue weighted by Crippen LogP contribution is -2.36. The highest BCUT2D eigenvalue weighted by Crippen LogP contribution is 2.18.